The van der Waals surface area contributed by atoms with Crippen LogP contribution in [0.4, 0.5) is 0 Å². The number of hydrogen-bond acceptors (Lipinski definition) is 3. The molecule has 1 unspecified atom stereocenters. The highest BCUT2D eigenvalue weighted by molar-refractivity contribution is 5.82. The van der Waals surface area contributed by atoms with Crippen molar-refractivity contribution in [2.45, 2.75) is 38.1 Å². The van der Waals surface area contributed by atoms with E-state index in [2.05, 4.69) is 0 Å². The van der Waals surface area contributed by atoms with Crippen LogP contribution in [0.2, 0.25) is 0 Å². The van der Waals surface area contributed by atoms with Gasteiger partial charge in [-0.3, -0.25) is 9.59 Å². The smallest absolute Gasteiger partial charge is 0.320 e. The highest BCUT2D eigenvalue weighted by Crippen LogP contribution is 2.25. The molecule has 1 aliphatic carbocycles. The van der Waals surface area contributed by atoms with Crippen molar-refractivity contribution < 1.29 is 14.7 Å². The zero-order chi connectivity index (χ0) is 9.84. The quantitative estimate of drug-likeness (QED) is 0.670. The zero-order valence-electron chi connectivity index (χ0n) is 7.53. The summed E-state index contributed by atoms with van der Waals surface area (Å²) in [6.45, 7) is 0. The molecule has 13 heavy (non-hydrogen) atoms. The zero-order valence-corrected chi connectivity index (χ0v) is 7.53. The second-order valence-electron chi connectivity index (χ2n) is 3.58. The molecule has 1 saturated carbocycles. The fraction of sp³-hybridized carbons (Fsp3) is 0.778. The number of Topliss-reactive ketones (excluding diaryl/α,β-unsaturated/α-hetero) is 1. The van der Waals surface area contributed by atoms with E-state index in [1.54, 1.807) is 0 Å². The van der Waals surface area contributed by atoms with E-state index in [4.69, 9.17) is 10.8 Å². The van der Waals surface area contributed by atoms with Crippen LogP contribution >= 0.6 is 0 Å². The van der Waals surface area contributed by atoms with Crippen LogP contribution in [0.5, 0.6) is 0 Å². The number of aliphatic carboxylic acids is 1. The van der Waals surface area contributed by atoms with Gasteiger partial charge in [0.05, 0.1) is 0 Å². The predicted molar refractivity (Wildman–Crippen MR) is 47.2 cm³/mol. The molecule has 0 aromatic carbocycles. The Morgan fingerprint density at radius 2 is 2.38 bits per heavy atom. The molecule has 74 valence electrons. The highest BCUT2D eigenvalue weighted by Gasteiger charge is 2.25. The maximum atomic E-state index is 11.2. The molecular weight excluding hydrogens is 170 g/mol. The first-order valence-corrected chi connectivity index (χ1v) is 4.62. The molecule has 0 saturated heterocycles. The van der Waals surface area contributed by atoms with Gasteiger partial charge >= 0.3 is 5.97 Å². The number of hydrogen-bond donors (Lipinski definition) is 2. The molecule has 0 aromatic heterocycles. The second-order valence-corrected chi connectivity index (χ2v) is 3.58. The van der Waals surface area contributed by atoms with Crippen molar-refractivity contribution >= 4 is 11.8 Å². The molecule has 2 atom stereocenters. The molecule has 4 heteroatoms. The van der Waals surface area contributed by atoms with E-state index >= 15 is 0 Å². The van der Waals surface area contributed by atoms with Gasteiger partial charge in [0.15, 0.2) is 0 Å². The summed E-state index contributed by atoms with van der Waals surface area (Å²) in [5, 5.41) is 8.51. The van der Waals surface area contributed by atoms with Gasteiger partial charge in [-0.15, -0.1) is 0 Å². The molecule has 3 N–H and O–H groups in total. The van der Waals surface area contributed by atoms with Gasteiger partial charge in [-0.2, -0.15) is 0 Å². The molecule has 0 bridgehead atoms. The van der Waals surface area contributed by atoms with Gasteiger partial charge < -0.3 is 10.8 Å². The molecular formula is C9H15NO3. The molecule has 0 heterocycles. The summed E-state index contributed by atoms with van der Waals surface area (Å²) in [7, 11) is 0. The van der Waals surface area contributed by atoms with Crippen molar-refractivity contribution in [2.24, 2.45) is 11.7 Å². The minimum atomic E-state index is -0.981. The van der Waals surface area contributed by atoms with Crippen LogP contribution in [0.3, 0.4) is 0 Å². The molecule has 0 aliphatic heterocycles. The summed E-state index contributed by atoms with van der Waals surface area (Å²) in [6.07, 6.45) is 3.56. The van der Waals surface area contributed by atoms with E-state index in [9.17, 15) is 9.59 Å². The lowest BCUT2D eigenvalue weighted by molar-refractivity contribution is -0.139. The van der Waals surface area contributed by atoms with Crippen LogP contribution in [0, 0.1) is 5.92 Å². The van der Waals surface area contributed by atoms with Crippen LogP contribution in [0.25, 0.3) is 0 Å². The largest absolute Gasteiger partial charge is 0.480 e. The monoisotopic (exact) mass is 185 g/mol. The van der Waals surface area contributed by atoms with Crippen molar-refractivity contribution in [3.63, 3.8) is 0 Å². The Morgan fingerprint density at radius 3 is 2.85 bits per heavy atom. The first-order valence-electron chi connectivity index (χ1n) is 4.62. The average molecular weight is 185 g/mol. The van der Waals surface area contributed by atoms with E-state index < -0.39 is 12.0 Å². The van der Waals surface area contributed by atoms with Crippen molar-refractivity contribution in [2.75, 3.05) is 0 Å². The van der Waals surface area contributed by atoms with E-state index in [1.807, 2.05) is 0 Å². The minimum Gasteiger partial charge on any atom is -0.480 e. The van der Waals surface area contributed by atoms with E-state index in [-0.39, 0.29) is 11.7 Å². The molecule has 0 amide bonds. The van der Waals surface area contributed by atoms with Gasteiger partial charge in [0, 0.05) is 12.3 Å². The Hall–Kier alpha value is -0.900. The molecule has 4 nitrogen and oxygen atoms in total. The number of carboxylic acids is 1. The van der Waals surface area contributed by atoms with Gasteiger partial charge in [-0.1, -0.05) is 0 Å². The summed E-state index contributed by atoms with van der Waals surface area (Å²) < 4.78 is 0. The van der Waals surface area contributed by atoms with Gasteiger partial charge in [-0.05, 0) is 25.7 Å². The summed E-state index contributed by atoms with van der Waals surface area (Å²) in [4.78, 5) is 21.5. The van der Waals surface area contributed by atoms with Gasteiger partial charge in [0.2, 0.25) is 0 Å². The number of nitrogens with two attached hydrogens (primary N) is 1. The van der Waals surface area contributed by atoms with Crippen LogP contribution in [0.1, 0.15) is 32.1 Å². The van der Waals surface area contributed by atoms with Crippen molar-refractivity contribution in [1.29, 1.82) is 0 Å². The fourth-order valence-electron chi connectivity index (χ4n) is 1.70. The molecule has 1 rings (SSSR count). The van der Waals surface area contributed by atoms with Crippen LogP contribution in [-0.4, -0.2) is 22.9 Å². The maximum Gasteiger partial charge on any atom is 0.320 e. The van der Waals surface area contributed by atoms with Crippen molar-refractivity contribution in [1.82, 2.24) is 0 Å². The van der Waals surface area contributed by atoms with Crippen LogP contribution in [0.15, 0.2) is 0 Å². The van der Waals surface area contributed by atoms with E-state index in [0.29, 0.717) is 19.3 Å². The number of ketones is 1. The van der Waals surface area contributed by atoms with E-state index in [0.717, 1.165) is 12.8 Å². The number of carbonyl (C=O) groups is 2. The highest BCUT2D eigenvalue weighted by atomic mass is 16.4. The van der Waals surface area contributed by atoms with Gasteiger partial charge in [0.1, 0.15) is 11.8 Å². The predicted octanol–water partition coefficient (Wildman–Crippen LogP) is 0.548. The van der Waals surface area contributed by atoms with Crippen molar-refractivity contribution in [3.05, 3.63) is 0 Å². The Labute approximate surface area is 77.1 Å². The standard InChI is InChI=1S/C9H15NO3/c10-7(9(12)13)5-4-6-2-1-3-8(6)11/h6-7H,1-5,10H2,(H,12,13)/t6?,7-/m0/s1. The minimum absolute atomic E-state index is 0.0744. The third-order valence-corrected chi connectivity index (χ3v) is 2.57. The summed E-state index contributed by atoms with van der Waals surface area (Å²) in [6, 6.07) is -0.812. The topological polar surface area (TPSA) is 80.4 Å². The van der Waals surface area contributed by atoms with E-state index in [1.165, 1.54) is 0 Å². The number of rotatable bonds is 4. The summed E-state index contributed by atoms with van der Waals surface area (Å²) in [5.74, 6) is -0.631. The molecule has 0 radical (unpaired) electrons. The average Bonchev–Trinajstić information content (AvgIpc) is 2.47. The van der Waals surface area contributed by atoms with Crippen LogP contribution < -0.4 is 5.73 Å². The first kappa shape index (κ1) is 10.2. The normalized spacial score (nSPS) is 24.7. The molecule has 0 spiro atoms. The third-order valence-electron chi connectivity index (χ3n) is 2.57. The third kappa shape index (κ3) is 2.81. The van der Waals surface area contributed by atoms with Crippen LogP contribution in [-0.2, 0) is 9.59 Å². The molecule has 1 fully saturated rings. The maximum absolute atomic E-state index is 11.2. The lowest BCUT2D eigenvalue weighted by atomic mass is 9.98. The van der Waals surface area contributed by atoms with Gasteiger partial charge in [-0.25, -0.2) is 0 Å². The molecule has 1 aliphatic rings. The molecule has 0 aromatic rings. The number of carboxylic acid groups (broad SMARTS) is 1. The van der Waals surface area contributed by atoms with Gasteiger partial charge in [0.25, 0.3) is 0 Å². The first-order chi connectivity index (χ1) is 6.11. The number of carbonyl (C=O) groups excluding carboxylic acids is 1. The Morgan fingerprint density at radius 1 is 1.69 bits per heavy atom. The summed E-state index contributed by atoms with van der Waals surface area (Å²) >= 11 is 0. The summed E-state index contributed by atoms with van der Waals surface area (Å²) in [5.41, 5.74) is 5.33. The lowest BCUT2D eigenvalue weighted by Gasteiger charge is -2.09. The van der Waals surface area contributed by atoms with Crippen molar-refractivity contribution in [3.8, 4) is 0 Å². The Kier molecular flexibility index (Phi) is 3.42. The second kappa shape index (κ2) is 4.37. The SMILES string of the molecule is N[C@@H](CCC1CCCC1=O)C(=O)O. The Balaban J connectivity index is 2.25. The fourth-order valence-corrected chi connectivity index (χ4v) is 1.70. The lowest BCUT2D eigenvalue weighted by Crippen LogP contribution is -2.30. The Bertz CT molecular complexity index is 215.